The van der Waals surface area contributed by atoms with Crippen LogP contribution in [-0.4, -0.2) is 18.3 Å². The third kappa shape index (κ3) is 3.80. The third-order valence-electron chi connectivity index (χ3n) is 2.94. The van der Waals surface area contributed by atoms with Crippen LogP contribution in [0.5, 0.6) is 0 Å². The molecule has 0 saturated heterocycles. The van der Waals surface area contributed by atoms with E-state index in [4.69, 9.17) is 0 Å². The van der Waals surface area contributed by atoms with E-state index in [1.807, 2.05) is 12.1 Å². The van der Waals surface area contributed by atoms with Gasteiger partial charge in [0.15, 0.2) is 0 Å². The summed E-state index contributed by atoms with van der Waals surface area (Å²) < 4.78 is 12.6. The van der Waals surface area contributed by atoms with Crippen molar-refractivity contribution >= 4 is 11.8 Å². The maximum Gasteiger partial charge on any atom is 0.123 e. The zero-order valence-corrected chi connectivity index (χ0v) is 10.2. The average Bonchev–Trinajstić information content (AvgIpc) is 2.23. The molecule has 0 aliphatic heterocycles. The van der Waals surface area contributed by atoms with E-state index in [0.29, 0.717) is 0 Å². The molecule has 1 fully saturated rings. The normalized spacial score (nSPS) is 16.1. The van der Waals surface area contributed by atoms with Crippen LogP contribution < -0.4 is 5.32 Å². The Kier molecular flexibility index (Phi) is 4.67. The van der Waals surface area contributed by atoms with Gasteiger partial charge in [-0.25, -0.2) is 4.39 Å². The molecule has 3 heteroatoms. The molecule has 0 bridgehead atoms. The molecule has 0 radical (unpaired) electrons. The van der Waals surface area contributed by atoms with Crippen molar-refractivity contribution in [3.8, 4) is 0 Å². The summed E-state index contributed by atoms with van der Waals surface area (Å²) >= 11 is 1.80. The first kappa shape index (κ1) is 11.9. The fourth-order valence-electron chi connectivity index (χ4n) is 1.71. The second kappa shape index (κ2) is 6.26. The highest BCUT2D eigenvalue weighted by Gasteiger charge is 2.15. The van der Waals surface area contributed by atoms with Crippen molar-refractivity contribution in [1.29, 1.82) is 0 Å². The van der Waals surface area contributed by atoms with Crippen molar-refractivity contribution in [3.63, 3.8) is 0 Å². The van der Waals surface area contributed by atoms with Gasteiger partial charge in [-0.1, -0.05) is 6.42 Å². The first-order valence-electron chi connectivity index (χ1n) is 5.96. The Bertz CT molecular complexity index is 308. The van der Waals surface area contributed by atoms with Gasteiger partial charge in [0.25, 0.3) is 0 Å². The fourth-order valence-corrected chi connectivity index (χ4v) is 2.56. The Morgan fingerprint density at radius 3 is 2.62 bits per heavy atom. The van der Waals surface area contributed by atoms with Crippen molar-refractivity contribution in [2.75, 3.05) is 12.3 Å². The van der Waals surface area contributed by atoms with Gasteiger partial charge in [0.1, 0.15) is 5.82 Å². The van der Waals surface area contributed by atoms with E-state index in [0.717, 1.165) is 23.2 Å². The van der Waals surface area contributed by atoms with Crippen LogP contribution in [0.2, 0.25) is 0 Å². The quantitative estimate of drug-likeness (QED) is 0.603. The van der Waals surface area contributed by atoms with Gasteiger partial charge in [0, 0.05) is 10.9 Å². The molecular formula is C13H18FNS. The maximum atomic E-state index is 12.6. The van der Waals surface area contributed by atoms with Gasteiger partial charge in [-0.2, -0.15) is 0 Å². The van der Waals surface area contributed by atoms with Crippen molar-refractivity contribution in [2.45, 2.75) is 36.6 Å². The van der Waals surface area contributed by atoms with Crippen LogP contribution >= 0.6 is 11.8 Å². The molecule has 1 aliphatic carbocycles. The number of halogens is 1. The molecule has 1 aliphatic rings. The SMILES string of the molecule is Fc1ccc(SCCCNC2CCC2)cc1. The van der Waals surface area contributed by atoms with Crippen LogP contribution in [-0.2, 0) is 0 Å². The van der Waals surface area contributed by atoms with Crippen LogP contribution in [0.25, 0.3) is 0 Å². The second-order valence-corrected chi connectivity index (χ2v) is 5.41. The molecular weight excluding hydrogens is 221 g/mol. The molecule has 1 aromatic carbocycles. The standard InChI is InChI=1S/C13H18FNS/c14-11-5-7-13(8-6-11)16-10-2-9-15-12-3-1-4-12/h5-8,12,15H,1-4,9-10H2. The monoisotopic (exact) mass is 239 g/mol. The highest BCUT2D eigenvalue weighted by molar-refractivity contribution is 7.99. The largest absolute Gasteiger partial charge is 0.314 e. The predicted octanol–water partition coefficient (Wildman–Crippen LogP) is 3.45. The lowest BCUT2D eigenvalue weighted by Gasteiger charge is -2.26. The summed E-state index contributed by atoms with van der Waals surface area (Å²) in [6.45, 7) is 1.11. The molecule has 0 aromatic heterocycles. The smallest absolute Gasteiger partial charge is 0.123 e. The molecule has 0 amide bonds. The van der Waals surface area contributed by atoms with Crippen LogP contribution in [0.1, 0.15) is 25.7 Å². The zero-order valence-electron chi connectivity index (χ0n) is 9.42. The number of thioether (sulfide) groups is 1. The molecule has 0 unspecified atom stereocenters. The molecule has 0 heterocycles. The van der Waals surface area contributed by atoms with Gasteiger partial charge in [0.05, 0.1) is 0 Å². The predicted molar refractivity (Wildman–Crippen MR) is 67.4 cm³/mol. The highest BCUT2D eigenvalue weighted by Crippen LogP contribution is 2.20. The molecule has 16 heavy (non-hydrogen) atoms. The lowest BCUT2D eigenvalue weighted by Crippen LogP contribution is -2.35. The van der Waals surface area contributed by atoms with Crippen LogP contribution in [0.4, 0.5) is 4.39 Å². The number of hydrogen-bond donors (Lipinski definition) is 1. The van der Waals surface area contributed by atoms with E-state index >= 15 is 0 Å². The van der Waals surface area contributed by atoms with Crippen molar-refractivity contribution < 1.29 is 4.39 Å². The van der Waals surface area contributed by atoms with E-state index in [-0.39, 0.29) is 5.82 Å². The summed E-state index contributed by atoms with van der Waals surface area (Å²) in [7, 11) is 0. The van der Waals surface area contributed by atoms with Crippen molar-refractivity contribution in [2.24, 2.45) is 0 Å². The van der Waals surface area contributed by atoms with Crippen LogP contribution in [0.3, 0.4) is 0 Å². The molecule has 88 valence electrons. The first-order valence-corrected chi connectivity index (χ1v) is 6.95. The molecule has 0 spiro atoms. The molecule has 2 rings (SSSR count). The van der Waals surface area contributed by atoms with E-state index in [1.54, 1.807) is 11.8 Å². The maximum absolute atomic E-state index is 12.6. The van der Waals surface area contributed by atoms with Gasteiger partial charge in [-0.05, 0) is 55.8 Å². The zero-order chi connectivity index (χ0) is 11.2. The Balaban J connectivity index is 1.55. The van der Waals surface area contributed by atoms with Gasteiger partial charge >= 0.3 is 0 Å². The minimum absolute atomic E-state index is 0.156. The topological polar surface area (TPSA) is 12.0 Å². The van der Waals surface area contributed by atoms with Crippen molar-refractivity contribution in [1.82, 2.24) is 5.32 Å². The summed E-state index contributed by atoms with van der Waals surface area (Å²) in [6, 6.07) is 7.53. The first-order chi connectivity index (χ1) is 7.84. The minimum atomic E-state index is -0.156. The van der Waals surface area contributed by atoms with Crippen molar-refractivity contribution in [3.05, 3.63) is 30.1 Å². The lowest BCUT2D eigenvalue weighted by molar-refractivity contribution is 0.341. The molecule has 1 nitrogen and oxygen atoms in total. The van der Waals surface area contributed by atoms with Gasteiger partial charge in [-0.15, -0.1) is 11.8 Å². The van der Waals surface area contributed by atoms with Gasteiger partial charge in [0.2, 0.25) is 0 Å². The summed E-state index contributed by atoms with van der Waals surface area (Å²) in [5.74, 6) is 0.946. The van der Waals surface area contributed by atoms with Gasteiger partial charge in [-0.3, -0.25) is 0 Å². The number of nitrogens with one attached hydrogen (secondary N) is 1. The Labute approximate surface area is 101 Å². The van der Waals surface area contributed by atoms with E-state index in [2.05, 4.69) is 5.32 Å². The van der Waals surface area contributed by atoms with Gasteiger partial charge < -0.3 is 5.32 Å². The number of rotatable bonds is 6. The Hall–Kier alpha value is -0.540. The van der Waals surface area contributed by atoms with E-state index < -0.39 is 0 Å². The highest BCUT2D eigenvalue weighted by atomic mass is 32.2. The Morgan fingerprint density at radius 1 is 1.25 bits per heavy atom. The van der Waals surface area contributed by atoms with E-state index in [1.165, 1.54) is 37.8 Å². The van der Waals surface area contributed by atoms with Crippen LogP contribution in [0, 0.1) is 5.82 Å². The lowest BCUT2D eigenvalue weighted by atomic mass is 9.93. The number of hydrogen-bond acceptors (Lipinski definition) is 2. The fraction of sp³-hybridized carbons (Fsp3) is 0.538. The molecule has 1 N–H and O–H groups in total. The number of benzene rings is 1. The second-order valence-electron chi connectivity index (χ2n) is 4.24. The van der Waals surface area contributed by atoms with E-state index in [9.17, 15) is 4.39 Å². The molecule has 0 atom stereocenters. The minimum Gasteiger partial charge on any atom is -0.314 e. The summed E-state index contributed by atoms with van der Waals surface area (Å²) in [6.07, 6.45) is 5.27. The Morgan fingerprint density at radius 2 is 2.00 bits per heavy atom. The summed E-state index contributed by atoms with van der Waals surface area (Å²) in [5, 5.41) is 3.54. The summed E-state index contributed by atoms with van der Waals surface area (Å²) in [5.41, 5.74) is 0. The van der Waals surface area contributed by atoms with Crippen LogP contribution in [0.15, 0.2) is 29.2 Å². The summed E-state index contributed by atoms with van der Waals surface area (Å²) in [4.78, 5) is 1.16. The average molecular weight is 239 g/mol. The third-order valence-corrected chi connectivity index (χ3v) is 4.04. The molecule has 1 saturated carbocycles. The molecule has 1 aromatic rings.